The lowest BCUT2D eigenvalue weighted by Gasteiger charge is -2.26. The monoisotopic (exact) mass is 187 g/mol. The van der Waals surface area contributed by atoms with Gasteiger partial charge < -0.3 is 0 Å². The van der Waals surface area contributed by atoms with Crippen LogP contribution in [0.4, 0.5) is 0 Å². The van der Waals surface area contributed by atoms with Crippen LogP contribution in [0.5, 0.6) is 0 Å². The lowest BCUT2D eigenvalue weighted by molar-refractivity contribution is 0.486. The maximum Gasteiger partial charge on any atom is 0.0503 e. The molecule has 0 fully saturated rings. The molecule has 1 nitrogen and oxygen atoms in total. The molecule has 0 aromatic rings. The second-order valence-corrected chi connectivity index (χ2v) is 4.71. The summed E-state index contributed by atoms with van der Waals surface area (Å²) in [6.07, 6.45) is 1.14. The molecule has 72 valence electrons. The Morgan fingerprint density at radius 2 is 2.00 bits per heavy atom. The highest BCUT2D eigenvalue weighted by molar-refractivity contribution is 7.96. The van der Waals surface area contributed by atoms with Gasteiger partial charge in [-0.05, 0) is 26.1 Å². The van der Waals surface area contributed by atoms with Crippen molar-refractivity contribution < 1.29 is 0 Å². The van der Waals surface area contributed by atoms with E-state index in [4.69, 9.17) is 0 Å². The van der Waals surface area contributed by atoms with Crippen LogP contribution < -0.4 is 5.32 Å². The summed E-state index contributed by atoms with van der Waals surface area (Å²) in [5.41, 5.74) is 0.247. The molecule has 0 aliphatic carbocycles. The van der Waals surface area contributed by atoms with Gasteiger partial charge in [0.25, 0.3) is 0 Å². The van der Waals surface area contributed by atoms with Crippen molar-refractivity contribution in [1.82, 2.24) is 5.32 Å². The third kappa shape index (κ3) is 3.55. The fourth-order valence-corrected chi connectivity index (χ4v) is 1.71. The van der Waals surface area contributed by atoms with Gasteiger partial charge in [0.2, 0.25) is 0 Å². The molecular formula is C10H21NS. The first-order valence-corrected chi connectivity index (χ1v) is 5.48. The largest absolute Gasteiger partial charge is 0.281 e. The summed E-state index contributed by atoms with van der Waals surface area (Å²) in [6, 6.07) is 0.500. The molecule has 0 heterocycles. The van der Waals surface area contributed by atoms with E-state index in [1.807, 2.05) is 0 Å². The predicted octanol–water partition coefficient (Wildman–Crippen LogP) is 2.72. The molecule has 0 bridgehead atoms. The summed E-state index contributed by atoms with van der Waals surface area (Å²) >= 11 is 0. The maximum absolute atomic E-state index is 3.87. The quantitative estimate of drug-likeness (QED) is 0.670. The Morgan fingerprint density at radius 3 is 2.25 bits per heavy atom. The van der Waals surface area contributed by atoms with E-state index in [1.165, 1.54) is 4.99 Å². The van der Waals surface area contributed by atoms with E-state index < -0.39 is 0 Å². The van der Waals surface area contributed by atoms with E-state index in [2.05, 4.69) is 45.8 Å². The molecule has 0 atom stereocenters. The van der Waals surface area contributed by atoms with Crippen molar-refractivity contribution in [2.24, 2.45) is 5.41 Å². The van der Waals surface area contributed by atoms with Crippen molar-refractivity contribution in [2.45, 2.75) is 47.1 Å². The zero-order valence-corrected chi connectivity index (χ0v) is 9.72. The van der Waals surface area contributed by atoms with Crippen LogP contribution in [-0.2, 0) is 0 Å². The Balaban J connectivity index is 4.48. The molecule has 0 spiro atoms. The van der Waals surface area contributed by atoms with Crippen molar-refractivity contribution in [1.29, 1.82) is 0 Å². The molecule has 0 saturated carbocycles. The van der Waals surface area contributed by atoms with Gasteiger partial charge in [-0.15, -0.1) is 10.9 Å². The van der Waals surface area contributed by atoms with Crippen LogP contribution in [0, 0.1) is 5.41 Å². The summed E-state index contributed by atoms with van der Waals surface area (Å²) in [6.45, 7) is 11.0. The summed E-state index contributed by atoms with van der Waals surface area (Å²) in [5, 5.41) is 3.44. The SMILES string of the molecule is C=S=C(NC(C)C)C(C)(C)CC. The van der Waals surface area contributed by atoms with Crippen molar-refractivity contribution >= 4 is 21.8 Å². The average Bonchev–Trinajstić information content (AvgIpc) is 1.99. The minimum atomic E-state index is 0.247. The molecule has 0 amide bonds. The Hall–Kier alpha value is -0.0800. The van der Waals surface area contributed by atoms with Gasteiger partial charge in [-0.2, -0.15) is 0 Å². The van der Waals surface area contributed by atoms with Gasteiger partial charge in [-0.25, -0.2) is 0 Å². The van der Waals surface area contributed by atoms with Crippen molar-refractivity contribution in [3.8, 4) is 0 Å². The van der Waals surface area contributed by atoms with Crippen LogP contribution >= 0.6 is 10.9 Å². The molecule has 0 radical (unpaired) electrons. The summed E-state index contributed by atoms with van der Waals surface area (Å²) in [7, 11) is 1.59. The highest BCUT2D eigenvalue weighted by atomic mass is 32.1. The van der Waals surface area contributed by atoms with Gasteiger partial charge in [0, 0.05) is 11.5 Å². The van der Waals surface area contributed by atoms with Gasteiger partial charge in [-0.3, -0.25) is 5.32 Å². The lowest BCUT2D eigenvalue weighted by atomic mass is 9.90. The van der Waals surface area contributed by atoms with Crippen LogP contribution in [0.3, 0.4) is 0 Å². The number of nitrogens with one attached hydrogen (secondary N) is 1. The van der Waals surface area contributed by atoms with Crippen LogP contribution in [-0.4, -0.2) is 16.9 Å². The first-order valence-electron chi connectivity index (χ1n) is 4.50. The molecule has 2 heteroatoms. The van der Waals surface area contributed by atoms with Crippen LogP contribution in [0.1, 0.15) is 41.0 Å². The standard InChI is InChI=1S/C10H21NS/c1-7-10(4,5)9(12-6)11-8(2)3/h8,11H,6-7H2,1-5H3. The van der Waals surface area contributed by atoms with E-state index >= 15 is 0 Å². The fraction of sp³-hybridized carbons (Fsp3) is 0.800. The summed E-state index contributed by atoms with van der Waals surface area (Å²) in [5.74, 6) is 3.87. The molecule has 0 saturated heterocycles. The lowest BCUT2D eigenvalue weighted by Crippen LogP contribution is -2.39. The van der Waals surface area contributed by atoms with E-state index in [0.29, 0.717) is 6.04 Å². The topological polar surface area (TPSA) is 12.0 Å². The Labute approximate surface area is 80.1 Å². The smallest absolute Gasteiger partial charge is 0.0503 e. The van der Waals surface area contributed by atoms with Gasteiger partial charge in [0.05, 0.1) is 4.99 Å². The Kier molecular flexibility index (Phi) is 4.80. The molecule has 0 rings (SSSR count). The molecule has 0 unspecified atom stereocenters. The molecule has 0 aliphatic rings. The van der Waals surface area contributed by atoms with Crippen LogP contribution in [0.15, 0.2) is 0 Å². The fourth-order valence-electron chi connectivity index (χ4n) is 0.855. The minimum absolute atomic E-state index is 0.247. The first kappa shape index (κ1) is 11.9. The van der Waals surface area contributed by atoms with Gasteiger partial charge in [-0.1, -0.05) is 20.8 Å². The molecular weight excluding hydrogens is 166 g/mol. The van der Waals surface area contributed by atoms with E-state index in [9.17, 15) is 0 Å². The summed E-state index contributed by atoms with van der Waals surface area (Å²) in [4.78, 5) is 1.29. The van der Waals surface area contributed by atoms with Crippen LogP contribution in [0.25, 0.3) is 0 Å². The van der Waals surface area contributed by atoms with Crippen molar-refractivity contribution in [3.05, 3.63) is 0 Å². The molecule has 1 N–H and O–H groups in total. The van der Waals surface area contributed by atoms with Crippen molar-refractivity contribution in [2.75, 3.05) is 0 Å². The second-order valence-electron chi connectivity index (χ2n) is 4.01. The Bertz CT molecular complexity index is 188. The first-order chi connectivity index (χ1) is 5.44. The normalized spacial score (nSPS) is 11.8. The third-order valence-electron chi connectivity index (χ3n) is 2.06. The third-order valence-corrected chi connectivity index (χ3v) is 3.02. The number of rotatable bonds is 3. The predicted molar refractivity (Wildman–Crippen MR) is 62.1 cm³/mol. The van der Waals surface area contributed by atoms with Crippen molar-refractivity contribution in [3.63, 3.8) is 0 Å². The highest BCUT2D eigenvalue weighted by Gasteiger charge is 2.21. The average molecular weight is 187 g/mol. The molecule has 0 aromatic heterocycles. The highest BCUT2D eigenvalue weighted by Crippen LogP contribution is 2.21. The van der Waals surface area contributed by atoms with Crippen LogP contribution in [0.2, 0.25) is 0 Å². The van der Waals surface area contributed by atoms with Gasteiger partial charge >= 0.3 is 0 Å². The molecule has 0 aromatic carbocycles. The Morgan fingerprint density at radius 1 is 1.50 bits per heavy atom. The molecule has 0 aliphatic heterocycles. The van der Waals surface area contributed by atoms with E-state index in [1.54, 1.807) is 10.9 Å². The molecule has 12 heavy (non-hydrogen) atoms. The zero-order chi connectivity index (χ0) is 9.78. The minimum Gasteiger partial charge on any atom is -0.281 e. The maximum atomic E-state index is 3.87. The van der Waals surface area contributed by atoms with Gasteiger partial charge in [0.15, 0.2) is 0 Å². The summed E-state index contributed by atoms with van der Waals surface area (Å²) < 4.78 is 0. The number of hydrogen-bond donors (Lipinski definition) is 1. The van der Waals surface area contributed by atoms with E-state index in [-0.39, 0.29) is 5.41 Å². The van der Waals surface area contributed by atoms with E-state index in [0.717, 1.165) is 6.42 Å². The van der Waals surface area contributed by atoms with Gasteiger partial charge in [0.1, 0.15) is 0 Å². The second kappa shape index (κ2) is 4.83. The zero-order valence-electron chi connectivity index (χ0n) is 8.90. The number of hydrogen-bond acceptors (Lipinski definition) is 0.